The van der Waals surface area contributed by atoms with E-state index in [-0.39, 0.29) is 36.6 Å². The number of fused-ring (bicyclic) bond motifs is 1. The van der Waals surface area contributed by atoms with Crippen LogP contribution in [0.3, 0.4) is 0 Å². The average Bonchev–Trinajstić information content (AvgIpc) is 3.46. The van der Waals surface area contributed by atoms with E-state index in [0.717, 1.165) is 6.42 Å². The number of rotatable bonds is 8. The quantitative estimate of drug-likeness (QED) is 0.458. The Kier molecular flexibility index (Phi) is 7.16. The van der Waals surface area contributed by atoms with Gasteiger partial charge in [0, 0.05) is 42.2 Å². The van der Waals surface area contributed by atoms with Crippen LogP contribution in [0.5, 0.6) is 0 Å². The minimum atomic E-state index is -4.56. The summed E-state index contributed by atoms with van der Waals surface area (Å²) in [6.45, 7) is -0.283. The van der Waals surface area contributed by atoms with Crippen molar-refractivity contribution in [2.45, 2.75) is 51.2 Å². The van der Waals surface area contributed by atoms with Gasteiger partial charge in [0.25, 0.3) is 0 Å². The first-order valence-corrected chi connectivity index (χ1v) is 12.1. The number of alkyl halides is 3. The van der Waals surface area contributed by atoms with Crippen molar-refractivity contribution in [2.75, 3.05) is 11.9 Å². The number of benzene rings is 1. The lowest BCUT2D eigenvalue weighted by molar-refractivity contribution is -0.142. The summed E-state index contributed by atoms with van der Waals surface area (Å²) in [7, 11) is 1.65. The highest BCUT2D eigenvalue weighted by Gasteiger charge is 2.39. The highest BCUT2D eigenvalue weighted by Crippen LogP contribution is 2.36. The Morgan fingerprint density at radius 1 is 1.18 bits per heavy atom. The summed E-state index contributed by atoms with van der Waals surface area (Å²) in [5.41, 5.74) is 2.84. The van der Waals surface area contributed by atoms with Crippen LogP contribution in [0.1, 0.15) is 41.9 Å². The SMILES string of the molecule is CN(C(=O)C(CC(=O)Cn1nc(C(F)(F)F)c2c1CCCC2)Cc1cscn1)c1ccccc1. The average molecular weight is 491 g/mol. The molecule has 0 N–H and O–H groups in total. The lowest BCUT2D eigenvalue weighted by atomic mass is 9.94. The van der Waals surface area contributed by atoms with E-state index in [0.29, 0.717) is 36.3 Å². The second-order valence-electron chi connectivity index (χ2n) is 8.49. The number of anilines is 1. The lowest BCUT2D eigenvalue weighted by Gasteiger charge is -2.23. The van der Waals surface area contributed by atoms with Gasteiger partial charge < -0.3 is 4.90 Å². The topological polar surface area (TPSA) is 68.1 Å². The number of amides is 1. The molecular weight excluding hydrogens is 465 g/mol. The molecule has 2 aromatic heterocycles. The van der Waals surface area contributed by atoms with Crippen LogP contribution in [0.4, 0.5) is 18.9 Å². The Morgan fingerprint density at radius 3 is 2.59 bits per heavy atom. The Bertz CT molecular complexity index is 1140. The Morgan fingerprint density at radius 2 is 1.91 bits per heavy atom. The van der Waals surface area contributed by atoms with Crippen LogP contribution in [0.2, 0.25) is 0 Å². The zero-order valence-corrected chi connectivity index (χ0v) is 19.5. The molecule has 0 fully saturated rings. The van der Waals surface area contributed by atoms with E-state index in [2.05, 4.69) is 10.1 Å². The monoisotopic (exact) mass is 490 g/mol. The molecule has 1 atom stereocenters. The molecule has 180 valence electrons. The predicted octanol–water partition coefficient (Wildman–Crippen LogP) is 4.72. The van der Waals surface area contributed by atoms with Crippen molar-refractivity contribution in [2.24, 2.45) is 5.92 Å². The number of ketones is 1. The van der Waals surface area contributed by atoms with Crippen LogP contribution >= 0.6 is 11.3 Å². The fourth-order valence-electron chi connectivity index (χ4n) is 4.43. The smallest absolute Gasteiger partial charge is 0.315 e. The number of carbonyl (C=O) groups excluding carboxylic acids is 2. The third-order valence-electron chi connectivity index (χ3n) is 6.09. The molecule has 0 spiro atoms. The highest BCUT2D eigenvalue weighted by molar-refractivity contribution is 7.07. The molecule has 3 aromatic rings. The summed E-state index contributed by atoms with van der Waals surface area (Å²) in [5.74, 6) is -1.26. The van der Waals surface area contributed by atoms with Gasteiger partial charge in [0.1, 0.15) is 0 Å². The number of carbonyl (C=O) groups is 2. The zero-order chi connectivity index (χ0) is 24.3. The molecule has 4 rings (SSSR count). The van der Waals surface area contributed by atoms with Crippen molar-refractivity contribution in [3.05, 3.63) is 63.9 Å². The molecule has 0 bridgehead atoms. The van der Waals surface area contributed by atoms with E-state index < -0.39 is 17.8 Å². The van der Waals surface area contributed by atoms with Gasteiger partial charge in [-0.1, -0.05) is 18.2 Å². The highest BCUT2D eigenvalue weighted by atomic mass is 32.1. The molecule has 1 amide bonds. The molecule has 34 heavy (non-hydrogen) atoms. The number of para-hydroxylation sites is 1. The van der Waals surface area contributed by atoms with Gasteiger partial charge >= 0.3 is 6.18 Å². The number of halogens is 3. The van der Waals surface area contributed by atoms with Crippen LogP contribution in [0, 0.1) is 5.92 Å². The van der Waals surface area contributed by atoms with Gasteiger partial charge in [0.05, 0.1) is 23.7 Å². The molecule has 0 aliphatic heterocycles. The number of hydrogen-bond donors (Lipinski definition) is 0. The third-order valence-corrected chi connectivity index (χ3v) is 6.72. The molecule has 10 heteroatoms. The van der Waals surface area contributed by atoms with Crippen molar-refractivity contribution < 1.29 is 22.8 Å². The molecule has 1 aromatic carbocycles. The fourth-order valence-corrected chi connectivity index (χ4v) is 5.00. The van der Waals surface area contributed by atoms with Crippen molar-refractivity contribution in [1.82, 2.24) is 14.8 Å². The summed E-state index contributed by atoms with van der Waals surface area (Å²) in [6.07, 6.45) is -2.19. The van der Waals surface area contributed by atoms with Gasteiger partial charge in [-0.25, -0.2) is 4.98 Å². The van der Waals surface area contributed by atoms with Gasteiger partial charge in [-0.2, -0.15) is 18.3 Å². The maximum Gasteiger partial charge on any atom is 0.435 e. The van der Waals surface area contributed by atoms with E-state index in [1.165, 1.54) is 20.9 Å². The standard InChI is InChI=1S/C24H25F3N4O2S/c1-30(18-7-3-2-4-8-18)23(33)16(11-17-14-34-15-28-17)12-19(32)13-31-21-10-6-5-9-20(21)22(29-31)24(25,26)27/h2-4,7-8,14-16H,5-6,9-13H2,1H3. The van der Waals surface area contributed by atoms with Crippen LogP contribution in [0.25, 0.3) is 0 Å². The van der Waals surface area contributed by atoms with E-state index >= 15 is 0 Å². The molecule has 1 aliphatic carbocycles. The second kappa shape index (κ2) is 10.1. The fraction of sp³-hybridized carbons (Fsp3) is 0.417. The summed E-state index contributed by atoms with van der Waals surface area (Å²) in [6, 6.07) is 9.08. The summed E-state index contributed by atoms with van der Waals surface area (Å²) >= 11 is 1.40. The first-order valence-electron chi connectivity index (χ1n) is 11.1. The minimum Gasteiger partial charge on any atom is -0.315 e. The van der Waals surface area contributed by atoms with Crippen molar-refractivity contribution >= 4 is 28.7 Å². The van der Waals surface area contributed by atoms with Crippen LogP contribution in [-0.2, 0) is 41.6 Å². The Hall–Kier alpha value is -3.01. The van der Waals surface area contributed by atoms with E-state index in [9.17, 15) is 22.8 Å². The van der Waals surface area contributed by atoms with Crippen molar-refractivity contribution in [1.29, 1.82) is 0 Å². The summed E-state index contributed by atoms with van der Waals surface area (Å²) in [4.78, 5) is 32.1. The summed E-state index contributed by atoms with van der Waals surface area (Å²) < 4.78 is 41.7. The van der Waals surface area contributed by atoms with Crippen LogP contribution in [0.15, 0.2) is 41.2 Å². The van der Waals surface area contributed by atoms with Gasteiger partial charge in [-0.3, -0.25) is 14.3 Å². The van der Waals surface area contributed by atoms with Crippen LogP contribution in [-0.4, -0.2) is 33.5 Å². The van der Waals surface area contributed by atoms with Gasteiger partial charge in [-0.15, -0.1) is 11.3 Å². The molecule has 0 radical (unpaired) electrons. The number of hydrogen-bond acceptors (Lipinski definition) is 5. The number of thiazole rings is 1. The predicted molar refractivity (Wildman–Crippen MR) is 123 cm³/mol. The molecule has 0 saturated carbocycles. The van der Waals surface area contributed by atoms with Gasteiger partial charge in [0.2, 0.25) is 5.91 Å². The molecule has 0 saturated heterocycles. The van der Waals surface area contributed by atoms with Crippen molar-refractivity contribution in [3.63, 3.8) is 0 Å². The maximum absolute atomic E-state index is 13.5. The Balaban J connectivity index is 1.54. The molecular formula is C24H25F3N4O2S. The second-order valence-corrected chi connectivity index (χ2v) is 9.21. The molecule has 1 aliphatic rings. The molecule has 6 nitrogen and oxygen atoms in total. The zero-order valence-electron chi connectivity index (χ0n) is 18.7. The van der Waals surface area contributed by atoms with Crippen LogP contribution < -0.4 is 4.90 Å². The number of aromatic nitrogens is 3. The van der Waals surface area contributed by atoms with Gasteiger partial charge in [-0.05, 0) is 37.8 Å². The summed E-state index contributed by atoms with van der Waals surface area (Å²) in [5, 5.41) is 5.60. The normalized spacial score (nSPS) is 14.5. The maximum atomic E-state index is 13.5. The van der Waals surface area contributed by atoms with E-state index in [1.807, 2.05) is 23.6 Å². The first-order chi connectivity index (χ1) is 16.2. The first kappa shape index (κ1) is 24.1. The third kappa shape index (κ3) is 5.38. The molecule has 1 unspecified atom stereocenters. The molecule has 2 heterocycles. The largest absolute Gasteiger partial charge is 0.435 e. The number of Topliss-reactive ketones (excluding diaryl/α,β-unsaturated/α-hetero) is 1. The van der Waals surface area contributed by atoms with Crippen molar-refractivity contribution in [3.8, 4) is 0 Å². The number of nitrogens with zero attached hydrogens (tertiary/aromatic N) is 4. The van der Waals surface area contributed by atoms with E-state index in [4.69, 9.17) is 0 Å². The van der Waals surface area contributed by atoms with E-state index in [1.54, 1.807) is 24.7 Å². The minimum absolute atomic E-state index is 0.108. The Labute approximate surface area is 199 Å². The van der Waals surface area contributed by atoms with Gasteiger partial charge in [0.15, 0.2) is 11.5 Å². The lowest BCUT2D eigenvalue weighted by Crippen LogP contribution is -2.35.